The van der Waals surface area contributed by atoms with Crippen molar-refractivity contribution in [2.75, 3.05) is 0 Å². The molecule has 0 spiro atoms. The third-order valence-electron chi connectivity index (χ3n) is 3.86. The molecule has 78 valence electrons. The number of rotatable bonds is 1. The second-order valence-corrected chi connectivity index (χ2v) is 5.11. The van der Waals surface area contributed by atoms with Crippen molar-refractivity contribution in [3.05, 3.63) is 11.1 Å². The average Bonchev–Trinajstić information content (AvgIpc) is 2.17. The highest BCUT2D eigenvalue weighted by Crippen LogP contribution is 2.39. The average molecular weight is 192 g/mol. The van der Waals surface area contributed by atoms with Crippen molar-refractivity contribution in [3.63, 3.8) is 0 Å². The smallest absolute Gasteiger partial charge is 0.158 e. The van der Waals surface area contributed by atoms with E-state index >= 15 is 0 Å². The van der Waals surface area contributed by atoms with Crippen LogP contribution in [0.2, 0.25) is 0 Å². The van der Waals surface area contributed by atoms with Gasteiger partial charge >= 0.3 is 0 Å². The lowest BCUT2D eigenvalue weighted by Gasteiger charge is -2.31. The van der Waals surface area contributed by atoms with E-state index in [0.29, 0.717) is 5.78 Å². The molecule has 0 aromatic carbocycles. The number of allylic oxidation sites excluding steroid dienone is 2. The van der Waals surface area contributed by atoms with Crippen molar-refractivity contribution >= 4 is 5.78 Å². The van der Waals surface area contributed by atoms with Gasteiger partial charge in [-0.3, -0.25) is 4.79 Å². The summed E-state index contributed by atoms with van der Waals surface area (Å²) in [6, 6.07) is 0. The fourth-order valence-electron chi connectivity index (χ4n) is 2.82. The van der Waals surface area contributed by atoms with Gasteiger partial charge < -0.3 is 0 Å². The van der Waals surface area contributed by atoms with E-state index in [4.69, 9.17) is 0 Å². The third kappa shape index (κ3) is 1.77. The molecule has 0 radical (unpaired) electrons. The molecule has 0 aliphatic heterocycles. The highest BCUT2D eigenvalue weighted by molar-refractivity contribution is 5.97. The van der Waals surface area contributed by atoms with Crippen LogP contribution in [-0.2, 0) is 4.79 Å². The van der Waals surface area contributed by atoms with Crippen LogP contribution >= 0.6 is 0 Å². The molecule has 1 nitrogen and oxygen atoms in total. The van der Waals surface area contributed by atoms with Crippen LogP contribution in [-0.4, -0.2) is 5.78 Å². The van der Waals surface area contributed by atoms with Crippen LogP contribution in [0.25, 0.3) is 0 Å². The summed E-state index contributed by atoms with van der Waals surface area (Å²) in [6.07, 6.45) is 6.62. The Morgan fingerprint density at radius 1 is 1.21 bits per heavy atom. The Hall–Kier alpha value is -0.590. The predicted molar refractivity (Wildman–Crippen MR) is 58.1 cm³/mol. The molecule has 0 aromatic heterocycles. The number of carbonyl (C=O) groups is 1. The number of ketones is 1. The first-order chi connectivity index (χ1) is 6.68. The van der Waals surface area contributed by atoms with Crippen LogP contribution < -0.4 is 0 Å². The highest BCUT2D eigenvalue weighted by atomic mass is 16.1. The zero-order chi connectivity index (χ0) is 10.1. The molecule has 0 saturated heterocycles. The summed E-state index contributed by atoms with van der Waals surface area (Å²) < 4.78 is 0. The van der Waals surface area contributed by atoms with Crippen molar-refractivity contribution in [2.45, 2.75) is 52.4 Å². The van der Waals surface area contributed by atoms with E-state index in [1.165, 1.54) is 30.4 Å². The lowest BCUT2D eigenvalue weighted by atomic mass is 9.73. The second-order valence-electron chi connectivity index (χ2n) is 5.11. The molecule has 2 aliphatic carbocycles. The molecule has 2 aliphatic rings. The van der Waals surface area contributed by atoms with Gasteiger partial charge in [-0.2, -0.15) is 0 Å². The maximum Gasteiger partial charge on any atom is 0.158 e. The van der Waals surface area contributed by atoms with Crippen LogP contribution in [0.1, 0.15) is 52.4 Å². The van der Waals surface area contributed by atoms with Gasteiger partial charge in [-0.05, 0) is 49.5 Å². The Labute approximate surface area is 86.6 Å². The summed E-state index contributed by atoms with van der Waals surface area (Å²) in [7, 11) is 0. The lowest BCUT2D eigenvalue weighted by Crippen LogP contribution is -2.22. The van der Waals surface area contributed by atoms with Gasteiger partial charge in [0.05, 0.1) is 0 Å². The van der Waals surface area contributed by atoms with Gasteiger partial charge in [-0.1, -0.05) is 19.4 Å². The van der Waals surface area contributed by atoms with Crippen LogP contribution in [0.15, 0.2) is 11.1 Å². The van der Waals surface area contributed by atoms with Gasteiger partial charge in [0.25, 0.3) is 0 Å². The summed E-state index contributed by atoms with van der Waals surface area (Å²) >= 11 is 0. The van der Waals surface area contributed by atoms with E-state index in [1.807, 2.05) is 0 Å². The largest absolute Gasteiger partial charge is 0.295 e. The molecule has 0 N–H and O–H groups in total. The molecule has 14 heavy (non-hydrogen) atoms. The lowest BCUT2D eigenvalue weighted by molar-refractivity contribution is -0.116. The Morgan fingerprint density at radius 3 is 2.71 bits per heavy atom. The number of Topliss-reactive ketones (excluding diaryl/α,β-unsaturated/α-hetero) is 1. The first kappa shape index (κ1) is 9.95. The normalized spacial score (nSPS) is 28.2. The molecule has 0 bridgehead atoms. The first-order valence-corrected chi connectivity index (χ1v) is 5.92. The third-order valence-corrected chi connectivity index (χ3v) is 3.86. The van der Waals surface area contributed by atoms with Crippen LogP contribution in [0.3, 0.4) is 0 Å². The van der Waals surface area contributed by atoms with Gasteiger partial charge in [0, 0.05) is 6.42 Å². The molecule has 2 rings (SSSR count). The fourth-order valence-corrected chi connectivity index (χ4v) is 2.82. The molecule has 0 amide bonds. The minimum atomic E-state index is 0.452. The summed E-state index contributed by atoms with van der Waals surface area (Å²) in [5, 5.41) is 0. The summed E-state index contributed by atoms with van der Waals surface area (Å²) in [4.78, 5) is 11.6. The van der Waals surface area contributed by atoms with E-state index < -0.39 is 0 Å². The van der Waals surface area contributed by atoms with Crippen LogP contribution in [0.5, 0.6) is 0 Å². The van der Waals surface area contributed by atoms with Crippen molar-refractivity contribution in [3.8, 4) is 0 Å². The molecule has 0 saturated carbocycles. The van der Waals surface area contributed by atoms with Crippen molar-refractivity contribution in [1.29, 1.82) is 0 Å². The SMILES string of the molecule is CC(C)C1CCC2=C(CCCC2=O)C1. The molecule has 0 aromatic rings. The minimum Gasteiger partial charge on any atom is -0.295 e. The maximum atomic E-state index is 11.6. The predicted octanol–water partition coefficient (Wildman–Crippen LogP) is 3.49. The Balaban J connectivity index is 2.15. The quantitative estimate of drug-likeness (QED) is 0.621. The monoisotopic (exact) mass is 192 g/mol. The van der Waals surface area contributed by atoms with Crippen molar-refractivity contribution in [1.82, 2.24) is 0 Å². The summed E-state index contributed by atoms with van der Waals surface area (Å²) in [5.74, 6) is 2.06. The van der Waals surface area contributed by atoms with Crippen molar-refractivity contribution in [2.24, 2.45) is 11.8 Å². The van der Waals surface area contributed by atoms with Gasteiger partial charge in [0.1, 0.15) is 0 Å². The van der Waals surface area contributed by atoms with E-state index in [9.17, 15) is 4.79 Å². The molecule has 1 unspecified atom stereocenters. The van der Waals surface area contributed by atoms with E-state index in [2.05, 4.69) is 13.8 Å². The Bertz CT molecular complexity index is 273. The first-order valence-electron chi connectivity index (χ1n) is 5.92. The van der Waals surface area contributed by atoms with Gasteiger partial charge in [-0.15, -0.1) is 0 Å². The van der Waals surface area contributed by atoms with Gasteiger partial charge in [0.15, 0.2) is 5.78 Å². The van der Waals surface area contributed by atoms with E-state index in [0.717, 1.165) is 31.1 Å². The fraction of sp³-hybridized carbons (Fsp3) is 0.769. The summed E-state index contributed by atoms with van der Waals surface area (Å²) in [6.45, 7) is 4.61. The maximum absolute atomic E-state index is 11.6. The Kier molecular flexibility index (Phi) is 2.76. The topological polar surface area (TPSA) is 17.1 Å². The van der Waals surface area contributed by atoms with E-state index in [1.54, 1.807) is 0 Å². The standard InChI is InChI=1S/C13H20O/c1-9(2)10-6-7-12-11(8-10)4-3-5-13(12)14/h9-10H,3-8H2,1-2H3. The number of carbonyl (C=O) groups excluding carboxylic acids is 1. The highest BCUT2D eigenvalue weighted by Gasteiger charge is 2.28. The summed E-state index contributed by atoms with van der Waals surface area (Å²) in [5.41, 5.74) is 2.72. The Morgan fingerprint density at radius 2 is 2.00 bits per heavy atom. The molecular formula is C13H20O. The molecular weight excluding hydrogens is 172 g/mol. The van der Waals surface area contributed by atoms with Crippen molar-refractivity contribution < 1.29 is 4.79 Å². The van der Waals surface area contributed by atoms with Crippen LogP contribution in [0, 0.1) is 11.8 Å². The van der Waals surface area contributed by atoms with E-state index in [-0.39, 0.29) is 0 Å². The number of hydrogen-bond acceptors (Lipinski definition) is 1. The molecule has 0 heterocycles. The zero-order valence-corrected chi connectivity index (χ0v) is 9.31. The molecule has 1 heteroatoms. The molecule has 1 atom stereocenters. The second kappa shape index (κ2) is 3.88. The van der Waals surface area contributed by atoms with Gasteiger partial charge in [-0.25, -0.2) is 0 Å². The molecule has 0 fully saturated rings. The van der Waals surface area contributed by atoms with Gasteiger partial charge in [0.2, 0.25) is 0 Å². The minimum absolute atomic E-state index is 0.452. The number of hydrogen-bond donors (Lipinski definition) is 0. The zero-order valence-electron chi connectivity index (χ0n) is 9.31. The van der Waals surface area contributed by atoms with Crippen LogP contribution in [0.4, 0.5) is 0 Å².